The Balaban J connectivity index is 1.51. The zero-order valence-electron chi connectivity index (χ0n) is 16.3. The van der Waals surface area contributed by atoms with E-state index < -0.39 is 10.0 Å². The van der Waals surface area contributed by atoms with Crippen LogP contribution >= 0.6 is 0 Å². The van der Waals surface area contributed by atoms with Gasteiger partial charge in [0.05, 0.1) is 19.3 Å². The fraction of sp³-hybridized carbons (Fsp3) is 0.286. The predicted molar refractivity (Wildman–Crippen MR) is 114 cm³/mol. The Hall–Kier alpha value is -2.68. The van der Waals surface area contributed by atoms with Gasteiger partial charge in [-0.05, 0) is 23.8 Å². The zero-order valence-corrected chi connectivity index (χ0v) is 17.1. The Labute approximate surface area is 171 Å². The highest BCUT2D eigenvalue weighted by Crippen LogP contribution is 2.23. The second kappa shape index (κ2) is 9.69. The zero-order chi connectivity index (χ0) is 20.7. The highest BCUT2D eigenvalue weighted by atomic mass is 32.2. The topological polar surface area (TPSA) is 79.0 Å². The van der Waals surface area contributed by atoms with Gasteiger partial charge in [-0.15, -0.1) is 0 Å². The van der Waals surface area contributed by atoms with Crippen LogP contribution in [0.5, 0.6) is 5.75 Å². The van der Waals surface area contributed by atoms with Gasteiger partial charge in [-0.2, -0.15) is 4.31 Å². The molecule has 1 saturated heterocycles. The fourth-order valence-electron chi connectivity index (χ4n) is 3.10. The van der Waals surface area contributed by atoms with E-state index in [0.29, 0.717) is 37.6 Å². The maximum atomic E-state index is 12.5. The molecule has 0 aliphatic carbocycles. The van der Waals surface area contributed by atoms with Crippen molar-refractivity contribution >= 4 is 27.7 Å². The summed E-state index contributed by atoms with van der Waals surface area (Å²) in [6.07, 6.45) is 1.60. The summed E-state index contributed by atoms with van der Waals surface area (Å²) in [4.78, 5) is 14.3. The molecule has 0 spiro atoms. The average molecular weight is 416 g/mol. The molecule has 1 N–H and O–H groups in total. The Kier molecular flexibility index (Phi) is 7.03. The molecule has 8 heteroatoms. The molecule has 3 rings (SSSR count). The van der Waals surface area contributed by atoms with Gasteiger partial charge in [0.1, 0.15) is 5.75 Å². The van der Waals surface area contributed by atoms with Gasteiger partial charge in [-0.3, -0.25) is 9.69 Å². The number of rotatable bonds is 7. The Morgan fingerprint density at radius 2 is 1.69 bits per heavy atom. The minimum atomic E-state index is -3.48. The molecule has 0 aromatic heterocycles. The first-order valence-corrected chi connectivity index (χ1v) is 10.9. The lowest BCUT2D eigenvalue weighted by Gasteiger charge is -2.32. The van der Waals surface area contributed by atoms with Crippen LogP contribution in [-0.4, -0.2) is 63.4 Å². The first-order chi connectivity index (χ1) is 14.0. The highest BCUT2D eigenvalue weighted by molar-refractivity contribution is 7.92. The van der Waals surface area contributed by atoms with Gasteiger partial charge in [0.15, 0.2) is 0 Å². The van der Waals surface area contributed by atoms with Crippen molar-refractivity contribution < 1.29 is 17.9 Å². The largest absolute Gasteiger partial charge is 0.495 e. The molecule has 0 bridgehead atoms. The number of ether oxygens (including phenoxy) is 1. The molecule has 0 radical (unpaired) electrons. The molecule has 0 saturated carbocycles. The van der Waals surface area contributed by atoms with Crippen molar-refractivity contribution in [3.8, 4) is 5.75 Å². The van der Waals surface area contributed by atoms with Gasteiger partial charge in [-0.25, -0.2) is 8.42 Å². The summed E-state index contributed by atoms with van der Waals surface area (Å²) in [6.45, 7) is 1.90. The maximum absolute atomic E-state index is 12.5. The normalized spacial score (nSPS) is 16.0. The molecule has 1 aliphatic rings. The Bertz CT molecular complexity index is 953. The van der Waals surface area contributed by atoms with E-state index in [9.17, 15) is 13.2 Å². The lowest BCUT2D eigenvalue weighted by atomic mass is 10.2. The van der Waals surface area contributed by atoms with Crippen LogP contribution in [0.1, 0.15) is 5.56 Å². The molecule has 2 aromatic carbocycles. The van der Waals surface area contributed by atoms with E-state index in [1.165, 1.54) is 9.71 Å². The van der Waals surface area contributed by atoms with Gasteiger partial charge in [0, 0.05) is 31.6 Å². The minimum absolute atomic E-state index is 0.158. The molecule has 1 heterocycles. The van der Waals surface area contributed by atoms with Gasteiger partial charge < -0.3 is 10.1 Å². The average Bonchev–Trinajstić information content (AvgIpc) is 2.74. The summed E-state index contributed by atoms with van der Waals surface area (Å²) in [5.41, 5.74) is 1.45. The first-order valence-electron chi connectivity index (χ1n) is 9.36. The molecule has 1 fully saturated rings. The summed E-state index contributed by atoms with van der Waals surface area (Å²) < 4.78 is 31.7. The second-order valence-electron chi connectivity index (χ2n) is 6.68. The summed E-state index contributed by atoms with van der Waals surface area (Å²) in [7, 11) is -1.93. The number of para-hydroxylation sites is 2. The van der Waals surface area contributed by atoms with E-state index in [0.717, 1.165) is 5.56 Å². The second-order valence-corrected chi connectivity index (χ2v) is 8.50. The molecule has 2 aromatic rings. The van der Waals surface area contributed by atoms with Crippen molar-refractivity contribution in [1.29, 1.82) is 0 Å². The number of piperazine rings is 1. The number of hydrogen-bond donors (Lipinski definition) is 1. The van der Waals surface area contributed by atoms with Crippen molar-refractivity contribution in [2.75, 3.05) is 45.2 Å². The van der Waals surface area contributed by atoms with Crippen molar-refractivity contribution in [1.82, 2.24) is 9.21 Å². The van der Waals surface area contributed by atoms with E-state index in [4.69, 9.17) is 4.74 Å². The highest BCUT2D eigenvalue weighted by Gasteiger charge is 2.26. The van der Waals surface area contributed by atoms with Crippen LogP contribution in [0, 0.1) is 0 Å². The number of methoxy groups -OCH3 is 1. The number of benzene rings is 2. The third-order valence-electron chi connectivity index (χ3n) is 4.67. The first kappa shape index (κ1) is 21.0. The number of amides is 1. The van der Waals surface area contributed by atoms with Crippen LogP contribution in [0.4, 0.5) is 5.69 Å². The SMILES string of the molecule is COc1ccccc1NC(=O)CN1CCN(S(=O)(=O)/C=C/c2ccccc2)CC1. The number of nitrogens with zero attached hydrogens (tertiary/aromatic N) is 2. The maximum Gasteiger partial charge on any atom is 0.238 e. The molecular formula is C21H25N3O4S. The summed E-state index contributed by atoms with van der Waals surface area (Å²) in [6, 6.07) is 16.5. The van der Waals surface area contributed by atoms with Crippen molar-refractivity contribution in [2.45, 2.75) is 0 Å². The standard InChI is InChI=1S/C21H25N3O4S/c1-28-20-10-6-5-9-19(20)22-21(25)17-23-12-14-24(15-13-23)29(26,27)16-11-18-7-3-2-4-8-18/h2-11,16H,12-15,17H2,1H3,(H,22,25)/b16-11+. The summed E-state index contributed by atoms with van der Waals surface area (Å²) >= 11 is 0. The monoisotopic (exact) mass is 415 g/mol. The molecule has 0 unspecified atom stereocenters. The van der Waals surface area contributed by atoms with E-state index in [2.05, 4.69) is 5.32 Å². The fourth-order valence-corrected chi connectivity index (χ4v) is 4.27. The van der Waals surface area contributed by atoms with Crippen LogP contribution < -0.4 is 10.1 Å². The number of hydrogen-bond acceptors (Lipinski definition) is 5. The van der Waals surface area contributed by atoms with E-state index in [1.54, 1.807) is 25.3 Å². The lowest BCUT2D eigenvalue weighted by molar-refractivity contribution is -0.117. The number of carbonyl (C=O) groups excluding carboxylic acids is 1. The molecule has 154 valence electrons. The van der Waals surface area contributed by atoms with Gasteiger partial charge in [0.2, 0.25) is 15.9 Å². The van der Waals surface area contributed by atoms with Crippen molar-refractivity contribution in [3.05, 3.63) is 65.6 Å². The molecule has 0 atom stereocenters. The third-order valence-corrected chi connectivity index (χ3v) is 6.24. The molecule has 7 nitrogen and oxygen atoms in total. The van der Waals surface area contributed by atoms with Crippen LogP contribution in [0.3, 0.4) is 0 Å². The summed E-state index contributed by atoms with van der Waals surface area (Å²) in [5.74, 6) is 0.441. The van der Waals surface area contributed by atoms with Crippen LogP contribution in [-0.2, 0) is 14.8 Å². The molecule has 1 amide bonds. The number of nitrogens with one attached hydrogen (secondary N) is 1. The Morgan fingerprint density at radius 3 is 2.38 bits per heavy atom. The number of carbonyl (C=O) groups is 1. The quantitative estimate of drug-likeness (QED) is 0.750. The van der Waals surface area contributed by atoms with Crippen molar-refractivity contribution in [3.63, 3.8) is 0 Å². The third kappa shape index (κ3) is 5.90. The number of anilines is 1. The molecular weight excluding hydrogens is 390 g/mol. The van der Waals surface area contributed by atoms with Gasteiger partial charge in [0.25, 0.3) is 0 Å². The van der Waals surface area contributed by atoms with Crippen molar-refractivity contribution in [2.24, 2.45) is 0 Å². The van der Waals surface area contributed by atoms with E-state index in [-0.39, 0.29) is 12.5 Å². The minimum Gasteiger partial charge on any atom is -0.495 e. The molecule has 29 heavy (non-hydrogen) atoms. The van der Waals surface area contributed by atoms with Gasteiger partial charge >= 0.3 is 0 Å². The lowest BCUT2D eigenvalue weighted by Crippen LogP contribution is -2.49. The number of sulfonamides is 1. The van der Waals surface area contributed by atoms with E-state index >= 15 is 0 Å². The van der Waals surface area contributed by atoms with Crippen LogP contribution in [0.15, 0.2) is 60.0 Å². The predicted octanol–water partition coefficient (Wildman–Crippen LogP) is 2.25. The van der Waals surface area contributed by atoms with Crippen LogP contribution in [0.25, 0.3) is 6.08 Å². The van der Waals surface area contributed by atoms with Crippen LogP contribution in [0.2, 0.25) is 0 Å². The smallest absolute Gasteiger partial charge is 0.238 e. The van der Waals surface area contributed by atoms with E-state index in [1.807, 2.05) is 47.4 Å². The summed E-state index contributed by atoms with van der Waals surface area (Å²) in [5, 5.41) is 4.08. The Morgan fingerprint density at radius 1 is 1.03 bits per heavy atom. The van der Waals surface area contributed by atoms with Gasteiger partial charge in [-0.1, -0.05) is 42.5 Å². The molecule has 1 aliphatic heterocycles.